The summed E-state index contributed by atoms with van der Waals surface area (Å²) in [6.45, 7) is 2.79. The maximum Gasteiger partial charge on any atom is 0.0702 e. The molecule has 1 aromatic heterocycles. The standard InChI is InChI=1S/C10H17BrN2OS/c1-7(12)10(13(2)5-6-14)8-3-4-9(11)15-8/h3-4,7,10,14H,5-6,12H2,1-2H3. The molecule has 1 aromatic rings. The Kier molecular flexibility index (Phi) is 5.22. The second-order valence-electron chi connectivity index (χ2n) is 3.65. The van der Waals surface area contributed by atoms with Crippen molar-refractivity contribution in [2.75, 3.05) is 20.2 Å². The molecule has 0 fully saturated rings. The molecular formula is C10H17BrN2OS. The van der Waals surface area contributed by atoms with Crippen LogP contribution in [-0.2, 0) is 0 Å². The SMILES string of the molecule is CC(N)C(c1ccc(Br)s1)N(C)CCO. The van der Waals surface area contributed by atoms with Gasteiger partial charge in [0.2, 0.25) is 0 Å². The van der Waals surface area contributed by atoms with Crippen LogP contribution in [0.25, 0.3) is 0 Å². The molecule has 1 heterocycles. The third kappa shape index (κ3) is 3.53. The van der Waals surface area contributed by atoms with Gasteiger partial charge < -0.3 is 10.8 Å². The first-order valence-corrected chi connectivity index (χ1v) is 6.49. The van der Waals surface area contributed by atoms with E-state index in [9.17, 15) is 0 Å². The molecule has 3 N–H and O–H groups in total. The Hall–Kier alpha value is 0.0600. The predicted molar refractivity (Wildman–Crippen MR) is 68.1 cm³/mol. The first kappa shape index (κ1) is 13.1. The zero-order chi connectivity index (χ0) is 11.4. The number of aliphatic hydroxyl groups is 1. The van der Waals surface area contributed by atoms with Crippen molar-refractivity contribution in [1.82, 2.24) is 4.90 Å². The molecule has 0 bridgehead atoms. The number of rotatable bonds is 5. The molecule has 0 amide bonds. The first-order chi connectivity index (χ1) is 7.06. The summed E-state index contributed by atoms with van der Waals surface area (Å²) in [7, 11) is 1.98. The van der Waals surface area contributed by atoms with Gasteiger partial charge in [-0.05, 0) is 42.0 Å². The number of nitrogens with two attached hydrogens (primary N) is 1. The highest BCUT2D eigenvalue weighted by molar-refractivity contribution is 9.11. The number of likely N-dealkylation sites (N-methyl/N-ethyl adjacent to an activating group) is 1. The molecule has 15 heavy (non-hydrogen) atoms. The molecule has 2 atom stereocenters. The molecule has 0 radical (unpaired) electrons. The van der Waals surface area contributed by atoms with E-state index in [1.54, 1.807) is 11.3 Å². The molecule has 0 saturated carbocycles. The van der Waals surface area contributed by atoms with Gasteiger partial charge in [0.15, 0.2) is 0 Å². The van der Waals surface area contributed by atoms with Crippen LogP contribution in [-0.4, -0.2) is 36.2 Å². The molecule has 0 spiro atoms. The summed E-state index contributed by atoms with van der Waals surface area (Å²) in [6.07, 6.45) is 0. The van der Waals surface area contributed by atoms with Crippen LogP contribution < -0.4 is 5.73 Å². The van der Waals surface area contributed by atoms with Gasteiger partial charge in [-0.3, -0.25) is 4.90 Å². The van der Waals surface area contributed by atoms with Crippen LogP contribution in [0.4, 0.5) is 0 Å². The maximum atomic E-state index is 8.93. The zero-order valence-corrected chi connectivity index (χ0v) is 11.4. The van der Waals surface area contributed by atoms with Crippen LogP contribution in [0.2, 0.25) is 0 Å². The predicted octanol–water partition coefficient (Wildman–Crippen LogP) is 1.82. The Morgan fingerprint density at radius 1 is 1.60 bits per heavy atom. The number of halogens is 1. The number of hydrogen-bond acceptors (Lipinski definition) is 4. The average molecular weight is 293 g/mol. The topological polar surface area (TPSA) is 49.5 Å². The smallest absolute Gasteiger partial charge is 0.0702 e. The van der Waals surface area contributed by atoms with Crippen LogP contribution in [0.5, 0.6) is 0 Å². The van der Waals surface area contributed by atoms with Gasteiger partial charge in [0, 0.05) is 17.5 Å². The van der Waals surface area contributed by atoms with Gasteiger partial charge in [-0.2, -0.15) is 0 Å². The summed E-state index contributed by atoms with van der Waals surface area (Å²) in [5.41, 5.74) is 5.98. The Labute approximate surface area is 103 Å². The van der Waals surface area contributed by atoms with Crippen molar-refractivity contribution in [1.29, 1.82) is 0 Å². The lowest BCUT2D eigenvalue weighted by atomic mass is 10.1. The van der Waals surface area contributed by atoms with Crippen molar-refractivity contribution in [3.63, 3.8) is 0 Å². The molecule has 0 aliphatic carbocycles. The van der Waals surface area contributed by atoms with Crippen molar-refractivity contribution in [2.45, 2.75) is 19.0 Å². The third-order valence-corrected chi connectivity index (χ3v) is 4.01. The van der Waals surface area contributed by atoms with Gasteiger partial charge in [-0.1, -0.05) is 0 Å². The van der Waals surface area contributed by atoms with Gasteiger partial charge in [-0.15, -0.1) is 11.3 Å². The number of thiophene rings is 1. The van der Waals surface area contributed by atoms with Crippen molar-refractivity contribution in [3.05, 3.63) is 20.8 Å². The summed E-state index contributed by atoms with van der Waals surface area (Å²) < 4.78 is 1.11. The molecule has 1 rings (SSSR count). The third-order valence-electron chi connectivity index (χ3n) is 2.31. The van der Waals surface area contributed by atoms with Gasteiger partial charge in [0.05, 0.1) is 16.4 Å². The molecule has 0 saturated heterocycles. The van der Waals surface area contributed by atoms with Crippen molar-refractivity contribution >= 4 is 27.3 Å². The molecule has 86 valence electrons. The monoisotopic (exact) mass is 292 g/mol. The van der Waals surface area contributed by atoms with E-state index in [0.29, 0.717) is 6.54 Å². The van der Waals surface area contributed by atoms with Gasteiger partial charge in [-0.25, -0.2) is 0 Å². The maximum absolute atomic E-state index is 8.93. The first-order valence-electron chi connectivity index (χ1n) is 4.88. The summed E-state index contributed by atoms with van der Waals surface area (Å²) in [4.78, 5) is 3.32. The highest BCUT2D eigenvalue weighted by atomic mass is 79.9. The van der Waals surface area contributed by atoms with Gasteiger partial charge in [0.1, 0.15) is 0 Å². The van der Waals surface area contributed by atoms with E-state index >= 15 is 0 Å². The second-order valence-corrected chi connectivity index (χ2v) is 6.14. The summed E-state index contributed by atoms with van der Waals surface area (Å²) in [5, 5.41) is 8.93. The summed E-state index contributed by atoms with van der Waals surface area (Å²) in [5.74, 6) is 0. The van der Waals surface area contributed by atoms with Crippen LogP contribution in [0, 0.1) is 0 Å². The van der Waals surface area contributed by atoms with Gasteiger partial charge in [0.25, 0.3) is 0 Å². The fourth-order valence-electron chi connectivity index (χ4n) is 1.66. The highest BCUT2D eigenvalue weighted by Gasteiger charge is 2.22. The zero-order valence-electron chi connectivity index (χ0n) is 8.98. The molecule has 0 aliphatic rings. The Bertz CT molecular complexity index is 303. The van der Waals surface area contributed by atoms with Crippen LogP contribution >= 0.6 is 27.3 Å². The molecule has 2 unspecified atom stereocenters. The minimum absolute atomic E-state index is 0.0482. The minimum Gasteiger partial charge on any atom is -0.395 e. The van der Waals surface area contributed by atoms with Crippen molar-refractivity contribution in [3.8, 4) is 0 Å². The van der Waals surface area contributed by atoms with E-state index in [2.05, 4.69) is 26.9 Å². The second kappa shape index (κ2) is 5.96. The lowest BCUT2D eigenvalue weighted by Crippen LogP contribution is -2.38. The van der Waals surface area contributed by atoms with Gasteiger partial charge >= 0.3 is 0 Å². The van der Waals surface area contributed by atoms with E-state index in [-0.39, 0.29) is 18.7 Å². The number of aliphatic hydroxyl groups excluding tert-OH is 1. The lowest BCUT2D eigenvalue weighted by molar-refractivity contribution is 0.169. The van der Waals surface area contributed by atoms with Crippen molar-refractivity contribution < 1.29 is 5.11 Å². The molecular weight excluding hydrogens is 276 g/mol. The molecule has 5 heteroatoms. The normalized spacial score (nSPS) is 15.6. The summed E-state index contributed by atoms with van der Waals surface area (Å²) >= 11 is 5.14. The van der Waals surface area contributed by atoms with Crippen molar-refractivity contribution in [2.24, 2.45) is 5.73 Å². The number of nitrogens with zero attached hydrogens (tertiary/aromatic N) is 1. The van der Waals surface area contributed by atoms with E-state index in [4.69, 9.17) is 10.8 Å². The summed E-state index contributed by atoms with van der Waals surface area (Å²) in [6, 6.07) is 4.33. The number of hydrogen-bond donors (Lipinski definition) is 2. The average Bonchev–Trinajstić information content (AvgIpc) is 2.51. The Morgan fingerprint density at radius 3 is 2.67 bits per heavy atom. The quantitative estimate of drug-likeness (QED) is 0.870. The Morgan fingerprint density at radius 2 is 2.27 bits per heavy atom. The van der Waals surface area contributed by atoms with Crippen LogP contribution in [0.15, 0.2) is 15.9 Å². The highest BCUT2D eigenvalue weighted by Crippen LogP contribution is 2.31. The fraction of sp³-hybridized carbons (Fsp3) is 0.600. The lowest BCUT2D eigenvalue weighted by Gasteiger charge is -2.29. The van der Waals surface area contributed by atoms with Crippen LogP contribution in [0.1, 0.15) is 17.8 Å². The molecule has 3 nitrogen and oxygen atoms in total. The van der Waals surface area contributed by atoms with E-state index < -0.39 is 0 Å². The van der Waals surface area contributed by atoms with E-state index in [0.717, 1.165) is 3.79 Å². The molecule has 0 aromatic carbocycles. The van der Waals surface area contributed by atoms with E-state index in [1.807, 2.05) is 20.0 Å². The fourth-order valence-corrected chi connectivity index (χ4v) is 3.37. The minimum atomic E-state index is 0.0482. The Balaban J connectivity index is 2.82. The van der Waals surface area contributed by atoms with E-state index in [1.165, 1.54) is 4.88 Å². The molecule has 0 aliphatic heterocycles. The van der Waals surface area contributed by atoms with Crippen LogP contribution in [0.3, 0.4) is 0 Å². The largest absolute Gasteiger partial charge is 0.395 e.